The molecule has 0 saturated heterocycles. The third-order valence-electron chi connectivity index (χ3n) is 3.98. The van der Waals surface area contributed by atoms with Gasteiger partial charge in [-0.25, -0.2) is 0 Å². The van der Waals surface area contributed by atoms with Gasteiger partial charge in [0, 0.05) is 0 Å². The molecule has 2 aliphatic rings. The predicted octanol–water partition coefficient (Wildman–Crippen LogP) is -0.403. The zero-order valence-electron chi connectivity index (χ0n) is 13.5. The van der Waals surface area contributed by atoms with E-state index in [2.05, 4.69) is 52.0 Å². The largest absolute Gasteiger partial charge is 1.00 e. The molecule has 0 bridgehead atoms. The van der Waals surface area contributed by atoms with Crippen LogP contribution in [0.3, 0.4) is 0 Å². The fourth-order valence-corrected chi connectivity index (χ4v) is 7.46. The van der Waals surface area contributed by atoms with Crippen LogP contribution in [0.25, 0.3) is 0 Å². The van der Waals surface area contributed by atoms with Crippen LogP contribution < -0.4 is 24.8 Å². The zero-order valence-corrected chi connectivity index (χ0v) is 17.5. The number of hydrogen-bond donors (Lipinski definition) is 0. The van der Waals surface area contributed by atoms with Gasteiger partial charge in [0.05, 0.1) is 0 Å². The fraction of sp³-hybridized carbons (Fsp3) is 0.556. The Morgan fingerprint density at radius 3 is 1.52 bits per heavy atom. The second-order valence-corrected chi connectivity index (χ2v) is 9.39. The molecule has 0 saturated carbocycles. The van der Waals surface area contributed by atoms with Gasteiger partial charge in [-0.2, -0.15) is 0 Å². The maximum atomic E-state index is 2.50. The maximum absolute atomic E-state index is 2.50. The molecule has 2 unspecified atom stereocenters. The van der Waals surface area contributed by atoms with Crippen molar-refractivity contribution in [2.24, 2.45) is 11.8 Å². The van der Waals surface area contributed by atoms with Crippen LogP contribution >= 0.6 is 0 Å². The van der Waals surface area contributed by atoms with Crippen LogP contribution in [-0.2, 0) is 23.2 Å². The van der Waals surface area contributed by atoms with Gasteiger partial charge in [-0.3, -0.25) is 0 Å². The average Bonchev–Trinajstić information content (AvgIpc) is 2.85. The maximum Gasteiger partial charge on any atom is -1.00 e. The zero-order chi connectivity index (χ0) is 13.8. The minimum Gasteiger partial charge on any atom is -1.00 e. The second-order valence-electron chi connectivity index (χ2n) is 5.94. The van der Waals surface area contributed by atoms with E-state index in [-0.39, 0.29) is 24.8 Å². The van der Waals surface area contributed by atoms with Gasteiger partial charge in [0.2, 0.25) is 0 Å². The molecule has 0 fully saturated rings. The van der Waals surface area contributed by atoms with Crippen LogP contribution in [0.4, 0.5) is 0 Å². The van der Waals surface area contributed by atoms with Crippen LogP contribution in [0.15, 0.2) is 42.0 Å². The Bertz CT molecular complexity index is 416. The van der Waals surface area contributed by atoms with E-state index < -0.39 is 23.2 Å². The van der Waals surface area contributed by atoms with Gasteiger partial charge in [-0.15, -0.1) is 0 Å². The molecule has 2 aliphatic carbocycles. The Morgan fingerprint density at radius 2 is 1.19 bits per heavy atom. The summed E-state index contributed by atoms with van der Waals surface area (Å²) in [7, 11) is 0. The van der Waals surface area contributed by atoms with Crippen LogP contribution in [0.5, 0.6) is 0 Å². The molecular weight excluding hydrogens is 378 g/mol. The average molecular weight is 405 g/mol. The van der Waals surface area contributed by atoms with Crippen LogP contribution in [0.1, 0.15) is 53.4 Å². The van der Waals surface area contributed by atoms with Gasteiger partial charge in [-0.05, 0) is 0 Å². The fourth-order valence-electron chi connectivity index (χ4n) is 3.14. The molecule has 3 heteroatoms. The Kier molecular flexibility index (Phi) is 10.5. The number of halogens is 2. The predicted molar refractivity (Wildman–Crippen MR) is 80.5 cm³/mol. The van der Waals surface area contributed by atoms with Gasteiger partial charge >= 0.3 is 130 Å². The van der Waals surface area contributed by atoms with Crippen molar-refractivity contribution in [3.63, 3.8) is 0 Å². The molecule has 0 aromatic carbocycles. The molecule has 0 N–H and O–H groups in total. The van der Waals surface area contributed by atoms with E-state index in [9.17, 15) is 0 Å². The van der Waals surface area contributed by atoms with Crippen molar-refractivity contribution in [2.45, 2.75) is 53.4 Å². The Labute approximate surface area is 154 Å². The summed E-state index contributed by atoms with van der Waals surface area (Å²) in [6.45, 7) is 9.16. The topological polar surface area (TPSA) is 0 Å². The van der Waals surface area contributed by atoms with E-state index in [0.29, 0.717) is 0 Å². The number of hydrogen-bond acceptors (Lipinski definition) is 0. The Balaban J connectivity index is 0.00000200. The number of allylic oxidation sites excluding steroid dienone is 8. The number of rotatable bonds is 6. The summed E-state index contributed by atoms with van der Waals surface area (Å²) in [5.41, 5.74) is 3.01. The molecule has 0 aromatic rings. The first kappa shape index (κ1) is 21.4. The molecule has 0 radical (unpaired) electrons. The summed E-state index contributed by atoms with van der Waals surface area (Å²) in [4.78, 5) is 0. The molecule has 2 atom stereocenters. The first-order valence-corrected chi connectivity index (χ1v) is 10.2. The van der Waals surface area contributed by atoms with E-state index in [1.807, 2.05) is 6.56 Å². The summed E-state index contributed by atoms with van der Waals surface area (Å²) in [5, 5.41) is 0. The van der Waals surface area contributed by atoms with E-state index in [4.69, 9.17) is 0 Å². The van der Waals surface area contributed by atoms with E-state index in [0.717, 1.165) is 11.8 Å². The minimum absolute atomic E-state index is 0. The molecule has 0 nitrogen and oxygen atoms in total. The standard InChI is InChI=1S/2C9H13.2ClH.Zr/c2*1-3-4-9-6-5-8(2)7-9;;;/h2*5,7,9H,3-4H2,1-2H3;2*1H;/q;;;;+2/p-2. The Hall–Kier alpha value is 0.423. The third kappa shape index (κ3) is 5.85. The first-order chi connectivity index (χ1) is 9.13. The van der Waals surface area contributed by atoms with E-state index in [1.54, 1.807) is 0 Å². The molecule has 0 aliphatic heterocycles. The van der Waals surface area contributed by atoms with Crippen LogP contribution in [0, 0.1) is 11.8 Å². The molecular formula is C18H26Cl2Zr. The van der Waals surface area contributed by atoms with Crippen molar-refractivity contribution in [3.05, 3.63) is 42.0 Å². The van der Waals surface area contributed by atoms with Gasteiger partial charge in [0.1, 0.15) is 0 Å². The summed E-state index contributed by atoms with van der Waals surface area (Å²) < 4.78 is 3.64. The van der Waals surface area contributed by atoms with Gasteiger partial charge in [-0.1, -0.05) is 0 Å². The molecule has 0 heterocycles. The quantitative estimate of drug-likeness (QED) is 0.565. The third-order valence-corrected chi connectivity index (χ3v) is 7.93. The van der Waals surface area contributed by atoms with Gasteiger partial charge in [0.15, 0.2) is 0 Å². The molecule has 0 amide bonds. The van der Waals surface area contributed by atoms with Gasteiger partial charge in [0.25, 0.3) is 0 Å². The van der Waals surface area contributed by atoms with Crippen molar-refractivity contribution >= 4 is 0 Å². The van der Waals surface area contributed by atoms with Crippen molar-refractivity contribution in [3.8, 4) is 0 Å². The van der Waals surface area contributed by atoms with Crippen molar-refractivity contribution in [2.75, 3.05) is 0 Å². The van der Waals surface area contributed by atoms with Crippen molar-refractivity contribution in [1.29, 1.82) is 0 Å². The monoisotopic (exact) mass is 402 g/mol. The van der Waals surface area contributed by atoms with Gasteiger partial charge < -0.3 is 24.8 Å². The van der Waals surface area contributed by atoms with Crippen LogP contribution in [0.2, 0.25) is 0 Å². The molecule has 0 spiro atoms. The molecule has 116 valence electrons. The second kappa shape index (κ2) is 10.2. The summed E-state index contributed by atoms with van der Waals surface area (Å²) >= 11 is -0.532. The smallest absolute Gasteiger partial charge is 1.00 e. The van der Waals surface area contributed by atoms with Crippen molar-refractivity contribution in [1.82, 2.24) is 0 Å². The first-order valence-electron chi connectivity index (χ1n) is 7.71. The molecule has 2 rings (SSSR count). The van der Waals surface area contributed by atoms with E-state index in [1.165, 1.54) is 36.8 Å². The normalized spacial score (nSPS) is 23.2. The van der Waals surface area contributed by atoms with Crippen molar-refractivity contribution < 1.29 is 48.0 Å². The van der Waals surface area contributed by atoms with E-state index >= 15 is 0 Å². The molecule has 21 heavy (non-hydrogen) atoms. The van der Waals surface area contributed by atoms with Crippen LogP contribution in [-0.4, -0.2) is 0 Å². The SMILES string of the molecule is CCCC1C=C(C)C=[C]1[Zr+2][C]1=CC(C)=CC1CCC.[Cl-].[Cl-]. The molecule has 0 aromatic heterocycles. The Morgan fingerprint density at radius 1 is 0.810 bits per heavy atom. The summed E-state index contributed by atoms with van der Waals surface area (Å²) in [5.74, 6) is 1.56. The summed E-state index contributed by atoms with van der Waals surface area (Å²) in [6.07, 6.45) is 15.3. The summed E-state index contributed by atoms with van der Waals surface area (Å²) in [6, 6.07) is 0. The minimum atomic E-state index is -0.532.